The molecule has 0 unspecified atom stereocenters. The van der Waals surface area contributed by atoms with Crippen molar-refractivity contribution >= 4 is 5.97 Å². The molecule has 5 heteroatoms. The van der Waals surface area contributed by atoms with Crippen LogP contribution in [-0.4, -0.2) is 36.9 Å². The van der Waals surface area contributed by atoms with Gasteiger partial charge in [0.1, 0.15) is 5.75 Å². The Balaban J connectivity index is 2.30. The number of carboxylic acids is 1. The fourth-order valence-electron chi connectivity index (χ4n) is 1.67. The van der Waals surface area contributed by atoms with Gasteiger partial charge in [0, 0.05) is 18.7 Å². The molecule has 0 aliphatic heterocycles. The molecule has 0 aromatic heterocycles. The van der Waals surface area contributed by atoms with Crippen LogP contribution in [-0.2, 0) is 16.1 Å². The maximum atomic E-state index is 10.5. The van der Waals surface area contributed by atoms with Crippen molar-refractivity contribution in [2.75, 3.05) is 19.8 Å². The van der Waals surface area contributed by atoms with E-state index in [4.69, 9.17) is 14.6 Å². The third kappa shape index (κ3) is 7.11. The largest absolute Gasteiger partial charge is 0.482 e. The number of nitrogens with one attached hydrogen (secondary N) is 1. The highest BCUT2D eigenvalue weighted by Gasteiger charge is 2.04. The Morgan fingerprint density at radius 3 is 2.80 bits per heavy atom. The van der Waals surface area contributed by atoms with Crippen molar-refractivity contribution in [3.8, 4) is 5.75 Å². The summed E-state index contributed by atoms with van der Waals surface area (Å²) >= 11 is 0. The predicted octanol–water partition coefficient (Wildman–Crippen LogP) is 2.05. The lowest BCUT2D eigenvalue weighted by Gasteiger charge is -2.11. The second kappa shape index (κ2) is 9.34. The van der Waals surface area contributed by atoms with Gasteiger partial charge in [-0.2, -0.15) is 0 Å². The van der Waals surface area contributed by atoms with Gasteiger partial charge in [-0.15, -0.1) is 0 Å². The highest BCUT2D eigenvalue weighted by atomic mass is 16.5. The highest BCUT2D eigenvalue weighted by Crippen LogP contribution is 2.17. The minimum Gasteiger partial charge on any atom is -0.482 e. The van der Waals surface area contributed by atoms with Gasteiger partial charge in [0.05, 0.1) is 6.10 Å². The van der Waals surface area contributed by atoms with Crippen molar-refractivity contribution in [1.29, 1.82) is 0 Å². The van der Waals surface area contributed by atoms with Crippen molar-refractivity contribution < 1.29 is 19.4 Å². The topological polar surface area (TPSA) is 67.8 Å². The Morgan fingerprint density at radius 1 is 1.35 bits per heavy atom. The van der Waals surface area contributed by atoms with Crippen LogP contribution in [0.15, 0.2) is 24.3 Å². The standard InChI is InChI=1S/C15H23NO4/c1-12(2)19-9-5-8-16-10-13-6-3-4-7-14(13)20-11-15(17)18/h3-4,6-7,12,16H,5,8-11H2,1-2H3,(H,17,18). The number of ether oxygens (including phenoxy) is 2. The van der Waals surface area contributed by atoms with Crippen LogP contribution in [0.25, 0.3) is 0 Å². The molecule has 0 amide bonds. The highest BCUT2D eigenvalue weighted by molar-refractivity contribution is 5.68. The van der Waals surface area contributed by atoms with Gasteiger partial charge in [0.25, 0.3) is 0 Å². The SMILES string of the molecule is CC(C)OCCCNCc1ccccc1OCC(=O)O. The molecular formula is C15H23NO4. The first-order chi connectivity index (χ1) is 9.59. The van der Waals surface area contributed by atoms with Crippen LogP contribution in [0, 0.1) is 0 Å². The molecule has 0 fully saturated rings. The van der Waals surface area contributed by atoms with Crippen LogP contribution < -0.4 is 10.1 Å². The quantitative estimate of drug-likeness (QED) is 0.642. The minimum atomic E-state index is -0.974. The molecule has 0 aliphatic rings. The number of para-hydroxylation sites is 1. The lowest BCUT2D eigenvalue weighted by Crippen LogP contribution is -2.18. The summed E-state index contributed by atoms with van der Waals surface area (Å²) in [6, 6.07) is 7.44. The number of hydrogen-bond acceptors (Lipinski definition) is 4. The fraction of sp³-hybridized carbons (Fsp3) is 0.533. The number of carbonyl (C=O) groups is 1. The molecule has 20 heavy (non-hydrogen) atoms. The summed E-state index contributed by atoms with van der Waals surface area (Å²) in [6.45, 7) is 5.95. The minimum absolute atomic E-state index is 0.264. The lowest BCUT2D eigenvalue weighted by atomic mass is 10.2. The van der Waals surface area contributed by atoms with Gasteiger partial charge < -0.3 is 19.9 Å². The zero-order valence-electron chi connectivity index (χ0n) is 12.1. The Morgan fingerprint density at radius 2 is 2.10 bits per heavy atom. The number of carboxylic acid groups (broad SMARTS) is 1. The molecule has 0 radical (unpaired) electrons. The van der Waals surface area contributed by atoms with Gasteiger partial charge in [-0.1, -0.05) is 18.2 Å². The van der Waals surface area contributed by atoms with E-state index in [1.165, 1.54) is 0 Å². The van der Waals surface area contributed by atoms with E-state index in [-0.39, 0.29) is 12.7 Å². The van der Waals surface area contributed by atoms with Crippen molar-refractivity contribution in [3.05, 3.63) is 29.8 Å². The van der Waals surface area contributed by atoms with E-state index in [2.05, 4.69) is 5.32 Å². The van der Waals surface area contributed by atoms with Crippen LogP contribution in [0.3, 0.4) is 0 Å². The molecule has 0 atom stereocenters. The molecule has 0 spiro atoms. The van der Waals surface area contributed by atoms with E-state index in [1.807, 2.05) is 32.0 Å². The normalized spacial score (nSPS) is 10.8. The number of aliphatic carboxylic acids is 1. The molecule has 1 rings (SSSR count). The number of rotatable bonds is 10. The Bertz CT molecular complexity index is 407. The van der Waals surface area contributed by atoms with Crippen LogP contribution in [0.5, 0.6) is 5.75 Å². The van der Waals surface area contributed by atoms with Gasteiger partial charge in [0.15, 0.2) is 6.61 Å². The first-order valence-electron chi connectivity index (χ1n) is 6.84. The van der Waals surface area contributed by atoms with E-state index in [9.17, 15) is 4.79 Å². The Hall–Kier alpha value is -1.59. The van der Waals surface area contributed by atoms with Crippen molar-refractivity contribution in [3.63, 3.8) is 0 Å². The number of hydrogen-bond donors (Lipinski definition) is 2. The van der Waals surface area contributed by atoms with E-state index >= 15 is 0 Å². The first kappa shape index (κ1) is 16.5. The molecule has 1 aromatic rings. The van der Waals surface area contributed by atoms with E-state index < -0.39 is 5.97 Å². The van der Waals surface area contributed by atoms with Gasteiger partial charge in [-0.25, -0.2) is 4.79 Å². The second-order valence-corrected chi connectivity index (χ2v) is 4.74. The molecular weight excluding hydrogens is 258 g/mol. The molecule has 0 heterocycles. The zero-order valence-corrected chi connectivity index (χ0v) is 12.1. The molecule has 5 nitrogen and oxygen atoms in total. The summed E-state index contributed by atoms with van der Waals surface area (Å²) in [7, 11) is 0. The molecule has 1 aromatic carbocycles. The lowest BCUT2D eigenvalue weighted by molar-refractivity contribution is -0.139. The van der Waals surface area contributed by atoms with Gasteiger partial charge in [0.2, 0.25) is 0 Å². The molecule has 0 bridgehead atoms. The summed E-state index contributed by atoms with van der Waals surface area (Å²) in [4.78, 5) is 10.5. The monoisotopic (exact) mass is 281 g/mol. The maximum absolute atomic E-state index is 10.5. The summed E-state index contributed by atoms with van der Waals surface area (Å²) in [5.41, 5.74) is 0.957. The number of benzene rings is 1. The first-order valence-corrected chi connectivity index (χ1v) is 6.84. The molecule has 0 saturated heterocycles. The summed E-state index contributed by atoms with van der Waals surface area (Å²) in [6.07, 6.45) is 1.20. The van der Waals surface area contributed by atoms with E-state index in [0.717, 1.165) is 25.1 Å². The third-order valence-corrected chi connectivity index (χ3v) is 2.59. The van der Waals surface area contributed by atoms with Crippen LogP contribution in [0.4, 0.5) is 0 Å². The summed E-state index contributed by atoms with van der Waals surface area (Å²) in [5.74, 6) is -0.362. The van der Waals surface area contributed by atoms with Crippen LogP contribution in [0.2, 0.25) is 0 Å². The molecule has 2 N–H and O–H groups in total. The molecule has 0 aliphatic carbocycles. The zero-order chi connectivity index (χ0) is 14.8. The van der Waals surface area contributed by atoms with Gasteiger partial charge in [-0.05, 0) is 32.9 Å². The Kier molecular flexibility index (Phi) is 7.69. The average Bonchev–Trinajstić information content (AvgIpc) is 2.41. The van der Waals surface area contributed by atoms with Gasteiger partial charge >= 0.3 is 5.97 Å². The summed E-state index contributed by atoms with van der Waals surface area (Å²) in [5, 5.41) is 11.9. The third-order valence-electron chi connectivity index (χ3n) is 2.59. The predicted molar refractivity (Wildman–Crippen MR) is 77.0 cm³/mol. The molecule has 112 valence electrons. The van der Waals surface area contributed by atoms with Crippen molar-refractivity contribution in [2.24, 2.45) is 0 Å². The summed E-state index contributed by atoms with van der Waals surface area (Å²) < 4.78 is 10.7. The van der Waals surface area contributed by atoms with Gasteiger partial charge in [-0.3, -0.25) is 0 Å². The van der Waals surface area contributed by atoms with Crippen molar-refractivity contribution in [2.45, 2.75) is 32.9 Å². The van der Waals surface area contributed by atoms with E-state index in [1.54, 1.807) is 6.07 Å². The molecule has 0 saturated carbocycles. The maximum Gasteiger partial charge on any atom is 0.341 e. The Labute approximate surface area is 119 Å². The van der Waals surface area contributed by atoms with Crippen LogP contribution >= 0.6 is 0 Å². The van der Waals surface area contributed by atoms with E-state index in [0.29, 0.717) is 12.3 Å². The second-order valence-electron chi connectivity index (χ2n) is 4.74. The van der Waals surface area contributed by atoms with Crippen molar-refractivity contribution in [1.82, 2.24) is 5.32 Å². The smallest absolute Gasteiger partial charge is 0.341 e. The average molecular weight is 281 g/mol. The van der Waals surface area contributed by atoms with Crippen LogP contribution in [0.1, 0.15) is 25.8 Å². The fourth-order valence-corrected chi connectivity index (χ4v) is 1.67.